The zero-order valence-electron chi connectivity index (χ0n) is 12.1. The van der Waals surface area contributed by atoms with Crippen LogP contribution >= 0.6 is 0 Å². The summed E-state index contributed by atoms with van der Waals surface area (Å²) >= 11 is 0. The molecule has 2 atom stereocenters. The highest BCUT2D eigenvalue weighted by Gasteiger charge is 2.29. The van der Waals surface area contributed by atoms with Crippen LogP contribution in [0.2, 0.25) is 0 Å². The summed E-state index contributed by atoms with van der Waals surface area (Å²) in [5, 5.41) is 0. The molecule has 1 aliphatic carbocycles. The first-order chi connectivity index (χ1) is 9.24. The Kier molecular flexibility index (Phi) is 5.37. The standard InChI is InChI=1S/C16H26N2O/c1-18(16-8-4-7-15(16)10-17)11-13-5-3-6-14(9-13)12-19-2/h3,5-6,9,15-16H,4,7-8,10-12,17H2,1-2H3. The van der Waals surface area contributed by atoms with Crippen molar-refractivity contribution in [3.63, 3.8) is 0 Å². The lowest BCUT2D eigenvalue weighted by Gasteiger charge is -2.29. The summed E-state index contributed by atoms with van der Waals surface area (Å²) in [7, 11) is 3.96. The average Bonchev–Trinajstić information content (AvgIpc) is 2.88. The Hall–Kier alpha value is -0.900. The number of benzene rings is 1. The van der Waals surface area contributed by atoms with E-state index in [1.807, 2.05) is 0 Å². The van der Waals surface area contributed by atoms with Crippen LogP contribution in [-0.2, 0) is 17.9 Å². The molecule has 3 nitrogen and oxygen atoms in total. The number of nitrogens with zero attached hydrogens (tertiary/aromatic N) is 1. The molecule has 0 bridgehead atoms. The average molecular weight is 262 g/mol. The van der Waals surface area contributed by atoms with E-state index in [0.717, 1.165) is 13.1 Å². The van der Waals surface area contributed by atoms with Crippen molar-refractivity contribution < 1.29 is 4.74 Å². The second-order valence-electron chi connectivity index (χ2n) is 5.66. The molecule has 3 heteroatoms. The van der Waals surface area contributed by atoms with E-state index in [1.54, 1.807) is 7.11 Å². The maximum absolute atomic E-state index is 5.88. The highest BCUT2D eigenvalue weighted by molar-refractivity contribution is 5.23. The fraction of sp³-hybridized carbons (Fsp3) is 0.625. The number of hydrogen-bond acceptors (Lipinski definition) is 3. The zero-order chi connectivity index (χ0) is 13.7. The Morgan fingerprint density at radius 3 is 2.84 bits per heavy atom. The third-order valence-corrected chi connectivity index (χ3v) is 4.22. The van der Waals surface area contributed by atoms with Crippen molar-refractivity contribution in [2.24, 2.45) is 11.7 Å². The summed E-state index contributed by atoms with van der Waals surface area (Å²) in [5.41, 5.74) is 8.48. The molecule has 0 radical (unpaired) electrons. The van der Waals surface area contributed by atoms with Gasteiger partial charge in [-0.25, -0.2) is 0 Å². The van der Waals surface area contributed by atoms with Crippen molar-refractivity contribution in [3.05, 3.63) is 35.4 Å². The Bertz CT molecular complexity index is 394. The fourth-order valence-corrected chi connectivity index (χ4v) is 3.26. The quantitative estimate of drug-likeness (QED) is 0.855. The van der Waals surface area contributed by atoms with Crippen LogP contribution in [0, 0.1) is 5.92 Å². The SMILES string of the molecule is COCc1cccc(CN(C)C2CCCC2CN)c1. The molecule has 0 saturated heterocycles. The second-order valence-corrected chi connectivity index (χ2v) is 5.66. The maximum atomic E-state index is 5.88. The van der Waals surface area contributed by atoms with E-state index in [2.05, 4.69) is 36.2 Å². The van der Waals surface area contributed by atoms with Gasteiger partial charge in [0.1, 0.15) is 0 Å². The van der Waals surface area contributed by atoms with E-state index in [1.165, 1.54) is 30.4 Å². The minimum absolute atomic E-state index is 0.649. The van der Waals surface area contributed by atoms with Crippen molar-refractivity contribution in [3.8, 4) is 0 Å². The normalized spacial score (nSPS) is 23.2. The third-order valence-electron chi connectivity index (χ3n) is 4.22. The van der Waals surface area contributed by atoms with Gasteiger partial charge in [-0.15, -0.1) is 0 Å². The predicted octanol–water partition coefficient (Wildman–Crippen LogP) is 2.39. The Morgan fingerprint density at radius 2 is 2.11 bits per heavy atom. The first kappa shape index (κ1) is 14.5. The van der Waals surface area contributed by atoms with Crippen molar-refractivity contribution in [1.29, 1.82) is 0 Å². The Morgan fingerprint density at radius 1 is 1.32 bits per heavy atom. The highest BCUT2D eigenvalue weighted by Crippen LogP contribution is 2.29. The van der Waals surface area contributed by atoms with E-state index < -0.39 is 0 Å². The Labute approximate surface area is 116 Å². The van der Waals surface area contributed by atoms with Gasteiger partial charge in [0.05, 0.1) is 6.61 Å². The van der Waals surface area contributed by atoms with Gasteiger partial charge in [0.15, 0.2) is 0 Å². The third kappa shape index (κ3) is 3.78. The molecule has 2 rings (SSSR count). The van der Waals surface area contributed by atoms with Crippen LogP contribution in [0.1, 0.15) is 30.4 Å². The number of methoxy groups -OCH3 is 1. The van der Waals surface area contributed by atoms with E-state index in [9.17, 15) is 0 Å². The molecule has 0 heterocycles. The lowest BCUT2D eigenvalue weighted by Crippen LogP contribution is -2.37. The van der Waals surface area contributed by atoms with Gasteiger partial charge in [-0.1, -0.05) is 30.7 Å². The molecule has 1 aromatic rings. The molecule has 1 aromatic carbocycles. The molecular formula is C16H26N2O. The molecule has 1 saturated carbocycles. The minimum atomic E-state index is 0.649. The van der Waals surface area contributed by atoms with Gasteiger partial charge in [-0.3, -0.25) is 4.90 Å². The highest BCUT2D eigenvalue weighted by atomic mass is 16.5. The fourth-order valence-electron chi connectivity index (χ4n) is 3.26. The van der Waals surface area contributed by atoms with Gasteiger partial charge in [0.25, 0.3) is 0 Å². The Balaban J connectivity index is 1.98. The van der Waals surface area contributed by atoms with Crippen molar-refractivity contribution >= 4 is 0 Å². The lowest BCUT2D eigenvalue weighted by atomic mass is 10.0. The summed E-state index contributed by atoms with van der Waals surface area (Å²) in [4.78, 5) is 2.47. The van der Waals surface area contributed by atoms with Crippen molar-refractivity contribution in [2.75, 3.05) is 20.7 Å². The zero-order valence-corrected chi connectivity index (χ0v) is 12.1. The van der Waals surface area contributed by atoms with Gasteiger partial charge in [-0.05, 0) is 43.5 Å². The van der Waals surface area contributed by atoms with E-state index >= 15 is 0 Å². The smallest absolute Gasteiger partial charge is 0.0713 e. The van der Waals surface area contributed by atoms with Crippen molar-refractivity contribution in [2.45, 2.75) is 38.5 Å². The molecule has 1 aliphatic rings. The van der Waals surface area contributed by atoms with Crippen LogP contribution in [0.4, 0.5) is 0 Å². The van der Waals surface area contributed by atoms with Crippen LogP contribution in [0.25, 0.3) is 0 Å². The van der Waals surface area contributed by atoms with Crippen LogP contribution in [0.15, 0.2) is 24.3 Å². The van der Waals surface area contributed by atoms with E-state index in [0.29, 0.717) is 18.6 Å². The van der Waals surface area contributed by atoms with Gasteiger partial charge in [-0.2, -0.15) is 0 Å². The summed E-state index contributed by atoms with van der Waals surface area (Å²) in [6.07, 6.45) is 3.89. The van der Waals surface area contributed by atoms with Crippen LogP contribution in [0.3, 0.4) is 0 Å². The van der Waals surface area contributed by atoms with Gasteiger partial charge in [0, 0.05) is 19.7 Å². The van der Waals surface area contributed by atoms with Crippen LogP contribution in [0.5, 0.6) is 0 Å². The van der Waals surface area contributed by atoms with Gasteiger partial charge >= 0.3 is 0 Å². The number of rotatable bonds is 6. The van der Waals surface area contributed by atoms with Gasteiger partial charge < -0.3 is 10.5 Å². The summed E-state index contributed by atoms with van der Waals surface area (Å²) in [5.74, 6) is 0.673. The number of ether oxygens (including phenoxy) is 1. The molecule has 106 valence electrons. The van der Waals surface area contributed by atoms with Crippen LogP contribution in [-0.4, -0.2) is 31.6 Å². The molecule has 19 heavy (non-hydrogen) atoms. The lowest BCUT2D eigenvalue weighted by molar-refractivity contribution is 0.183. The molecule has 2 unspecified atom stereocenters. The summed E-state index contributed by atoms with van der Waals surface area (Å²) in [6.45, 7) is 2.50. The van der Waals surface area contributed by atoms with E-state index in [-0.39, 0.29) is 0 Å². The largest absolute Gasteiger partial charge is 0.380 e. The maximum Gasteiger partial charge on any atom is 0.0713 e. The summed E-state index contributed by atoms with van der Waals surface area (Å²) in [6, 6.07) is 9.32. The minimum Gasteiger partial charge on any atom is -0.380 e. The summed E-state index contributed by atoms with van der Waals surface area (Å²) < 4.78 is 5.19. The van der Waals surface area contributed by atoms with Crippen molar-refractivity contribution in [1.82, 2.24) is 4.90 Å². The first-order valence-electron chi connectivity index (χ1n) is 7.21. The number of hydrogen-bond donors (Lipinski definition) is 1. The first-order valence-corrected chi connectivity index (χ1v) is 7.21. The molecule has 0 spiro atoms. The molecular weight excluding hydrogens is 236 g/mol. The topological polar surface area (TPSA) is 38.5 Å². The van der Waals surface area contributed by atoms with Gasteiger partial charge in [0.2, 0.25) is 0 Å². The van der Waals surface area contributed by atoms with Crippen LogP contribution < -0.4 is 5.73 Å². The molecule has 0 aromatic heterocycles. The molecule has 0 aliphatic heterocycles. The predicted molar refractivity (Wildman–Crippen MR) is 78.8 cm³/mol. The monoisotopic (exact) mass is 262 g/mol. The molecule has 2 N–H and O–H groups in total. The van der Waals surface area contributed by atoms with E-state index in [4.69, 9.17) is 10.5 Å². The number of nitrogens with two attached hydrogens (primary N) is 1. The second kappa shape index (κ2) is 7.04. The molecule has 1 fully saturated rings. The molecule has 0 amide bonds.